The second kappa shape index (κ2) is 5.54. The summed E-state index contributed by atoms with van der Waals surface area (Å²) >= 11 is 0. The van der Waals surface area contributed by atoms with Gasteiger partial charge in [0.05, 0.1) is 18.9 Å². The third-order valence-corrected chi connectivity index (χ3v) is 2.36. The van der Waals surface area contributed by atoms with Gasteiger partial charge < -0.3 is 20.5 Å². The summed E-state index contributed by atoms with van der Waals surface area (Å²) in [4.78, 5) is 13.4. The highest BCUT2D eigenvalue weighted by Crippen LogP contribution is 2.22. The first kappa shape index (κ1) is 13.3. The second-order valence-electron chi connectivity index (χ2n) is 3.99. The fourth-order valence-electron chi connectivity index (χ4n) is 1.57. The topological polar surface area (TPSA) is 75.8 Å². The zero-order valence-electron chi connectivity index (χ0n) is 10.3. The number of aliphatic hydroxyl groups is 1. The van der Waals surface area contributed by atoms with Crippen molar-refractivity contribution in [3.63, 3.8) is 0 Å². The van der Waals surface area contributed by atoms with Gasteiger partial charge in [-0.3, -0.25) is 4.79 Å². The van der Waals surface area contributed by atoms with E-state index in [2.05, 4.69) is 0 Å². The monoisotopic (exact) mass is 238 g/mol. The van der Waals surface area contributed by atoms with Crippen LogP contribution in [-0.2, 0) is 0 Å². The highest BCUT2D eigenvalue weighted by molar-refractivity contribution is 5.95. The molecular formula is C12H18N2O3. The number of aliphatic hydroxyl groups excluding tert-OH is 1. The van der Waals surface area contributed by atoms with E-state index in [9.17, 15) is 9.90 Å². The first-order chi connectivity index (χ1) is 7.95. The van der Waals surface area contributed by atoms with Crippen LogP contribution < -0.4 is 10.5 Å². The lowest BCUT2D eigenvalue weighted by Gasteiger charge is -2.19. The molecule has 0 radical (unpaired) electrons. The zero-order valence-corrected chi connectivity index (χ0v) is 10.3. The van der Waals surface area contributed by atoms with E-state index in [1.54, 1.807) is 32.2 Å². The molecule has 0 spiro atoms. The molecule has 0 aliphatic heterocycles. The van der Waals surface area contributed by atoms with Gasteiger partial charge in [-0.2, -0.15) is 0 Å². The van der Waals surface area contributed by atoms with Crippen LogP contribution in [0.4, 0.5) is 5.69 Å². The fraction of sp³-hybridized carbons (Fsp3) is 0.417. The van der Waals surface area contributed by atoms with Crippen molar-refractivity contribution in [2.45, 2.75) is 13.0 Å². The first-order valence-electron chi connectivity index (χ1n) is 5.32. The van der Waals surface area contributed by atoms with Crippen molar-refractivity contribution in [3.05, 3.63) is 23.8 Å². The number of hydrogen-bond donors (Lipinski definition) is 2. The number of nitrogen functional groups attached to an aromatic ring is 1. The smallest absolute Gasteiger partial charge is 0.253 e. The summed E-state index contributed by atoms with van der Waals surface area (Å²) in [6, 6.07) is 4.87. The Morgan fingerprint density at radius 1 is 1.59 bits per heavy atom. The molecule has 3 N–H and O–H groups in total. The summed E-state index contributed by atoms with van der Waals surface area (Å²) in [6.07, 6.45) is -0.556. The van der Waals surface area contributed by atoms with Crippen LogP contribution in [0.15, 0.2) is 18.2 Å². The molecule has 94 valence electrons. The maximum atomic E-state index is 12.0. The molecule has 1 unspecified atom stereocenters. The van der Waals surface area contributed by atoms with Gasteiger partial charge in [0.2, 0.25) is 0 Å². The number of carbonyl (C=O) groups excluding carboxylic acids is 1. The molecule has 0 saturated carbocycles. The summed E-state index contributed by atoms with van der Waals surface area (Å²) in [6.45, 7) is 1.91. The van der Waals surface area contributed by atoms with Crippen LogP contribution >= 0.6 is 0 Å². The summed E-state index contributed by atoms with van der Waals surface area (Å²) in [5, 5.41) is 9.22. The minimum absolute atomic E-state index is 0.180. The van der Waals surface area contributed by atoms with Crippen molar-refractivity contribution in [2.24, 2.45) is 0 Å². The lowest BCUT2D eigenvalue weighted by Crippen LogP contribution is -2.33. The molecule has 5 nitrogen and oxygen atoms in total. The Balaban J connectivity index is 2.86. The average Bonchev–Trinajstić information content (AvgIpc) is 2.27. The van der Waals surface area contributed by atoms with Gasteiger partial charge in [-0.05, 0) is 25.1 Å². The number of rotatable bonds is 4. The molecule has 0 bridgehead atoms. The number of anilines is 1. The first-order valence-corrected chi connectivity index (χ1v) is 5.32. The van der Waals surface area contributed by atoms with Crippen molar-refractivity contribution in [2.75, 3.05) is 26.4 Å². The van der Waals surface area contributed by atoms with E-state index in [4.69, 9.17) is 10.5 Å². The summed E-state index contributed by atoms with van der Waals surface area (Å²) < 4.78 is 5.01. The normalized spacial score (nSPS) is 12.0. The molecule has 1 amide bonds. The number of nitrogens with zero attached hydrogens (tertiary/aromatic N) is 1. The van der Waals surface area contributed by atoms with E-state index < -0.39 is 6.10 Å². The van der Waals surface area contributed by atoms with E-state index in [1.165, 1.54) is 12.0 Å². The molecule has 0 heterocycles. The van der Waals surface area contributed by atoms with Crippen LogP contribution in [0.5, 0.6) is 5.75 Å². The Labute approximate surface area is 101 Å². The van der Waals surface area contributed by atoms with Crippen LogP contribution in [0.1, 0.15) is 17.3 Å². The quantitative estimate of drug-likeness (QED) is 0.758. The van der Waals surface area contributed by atoms with E-state index >= 15 is 0 Å². The molecular weight excluding hydrogens is 220 g/mol. The molecule has 1 aromatic carbocycles. The SMILES string of the molecule is COc1ccc(C(=O)N(C)CC(C)O)cc1N. The Kier molecular flexibility index (Phi) is 4.34. The number of amides is 1. The predicted octanol–water partition coefficient (Wildman–Crippen LogP) is 0.730. The van der Waals surface area contributed by atoms with Crippen molar-refractivity contribution in [3.8, 4) is 5.75 Å². The van der Waals surface area contributed by atoms with Crippen LogP contribution in [-0.4, -0.2) is 42.7 Å². The second-order valence-corrected chi connectivity index (χ2v) is 3.99. The number of likely N-dealkylation sites (N-methyl/N-ethyl adjacent to an activating group) is 1. The minimum Gasteiger partial charge on any atom is -0.495 e. The lowest BCUT2D eigenvalue weighted by molar-refractivity contribution is 0.0703. The Hall–Kier alpha value is -1.75. The number of carbonyl (C=O) groups is 1. The summed E-state index contributed by atoms with van der Waals surface area (Å²) in [5.74, 6) is 0.361. The van der Waals surface area contributed by atoms with Crippen molar-refractivity contribution >= 4 is 11.6 Å². The Morgan fingerprint density at radius 2 is 2.24 bits per heavy atom. The zero-order chi connectivity index (χ0) is 13.0. The third-order valence-electron chi connectivity index (χ3n) is 2.36. The lowest BCUT2D eigenvalue weighted by atomic mass is 10.1. The van der Waals surface area contributed by atoms with Gasteiger partial charge in [0.15, 0.2) is 0 Å². The third kappa shape index (κ3) is 3.35. The molecule has 0 aliphatic carbocycles. The van der Waals surface area contributed by atoms with Crippen LogP contribution in [0.3, 0.4) is 0 Å². The van der Waals surface area contributed by atoms with Crippen molar-refractivity contribution < 1.29 is 14.6 Å². The predicted molar refractivity (Wildman–Crippen MR) is 66.0 cm³/mol. The van der Waals surface area contributed by atoms with Gasteiger partial charge in [0.1, 0.15) is 5.75 Å². The molecule has 17 heavy (non-hydrogen) atoms. The van der Waals surface area contributed by atoms with Gasteiger partial charge in [0, 0.05) is 19.2 Å². The largest absolute Gasteiger partial charge is 0.495 e. The van der Waals surface area contributed by atoms with E-state index in [1.807, 2.05) is 0 Å². The van der Waals surface area contributed by atoms with Gasteiger partial charge >= 0.3 is 0 Å². The van der Waals surface area contributed by atoms with Crippen molar-refractivity contribution in [1.29, 1.82) is 0 Å². The highest BCUT2D eigenvalue weighted by atomic mass is 16.5. The number of ether oxygens (including phenoxy) is 1. The molecule has 0 aliphatic rings. The van der Waals surface area contributed by atoms with E-state index in [0.717, 1.165) is 0 Å². The maximum Gasteiger partial charge on any atom is 0.253 e. The average molecular weight is 238 g/mol. The van der Waals surface area contributed by atoms with E-state index in [-0.39, 0.29) is 12.5 Å². The minimum atomic E-state index is -0.556. The number of methoxy groups -OCH3 is 1. The molecule has 0 fully saturated rings. The van der Waals surface area contributed by atoms with Crippen LogP contribution in [0.2, 0.25) is 0 Å². The van der Waals surface area contributed by atoms with Crippen molar-refractivity contribution in [1.82, 2.24) is 4.90 Å². The van der Waals surface area contributed by atoms with Crippen LogP contribution in [0, 0.1) is 0 Å². The Bertz CT molecular complexity index is 405. The summed E-state index contributed by atoms with van der Waals surface area (Å²) in [5.41, 5.74) is 6.62. The molecule has 0 saturated heterocycles. The van der Waals surface area contributed by atoms with Gasteiger partial charge in [0.25, 0.3) is 5.91 Å². The molecule has 5 heteroatoms. The van der Waals surface area contributed by atoms with Crippen LogP contribution in [0.25, 0.3) is 0 Å². The molecule has 0 aromatic heterocycles. The maximum absolute atomic E-state index is 12.0. The fourth-order valence-corrected chi connectivity index (χ4v) is 1.57. The molecule has 1 rings (SSSR count). The number of hydrogen-bond acceptors (Lipinski definition) is 4. The van der Waals surface area contributed by atoms with E-state index in [0.29, 0.717) is 17.0 Å². The number of benzene rings is 1. The van der Waals surface area contributed by atoms with Gasteiger partial charge in [-0.25, -0.2) is 0 Å². The standard InChI is InChI=1S/C12H18N2O3/c1-8(15)7-14(2)12(16)9-4-5-11(17-3)10(13)6-9/h4-6,8,15H,7,13H2,1-3H3. The Morgan fingerprint density at radius 3 is 2.71 bits per heavy atom. The highest BCUT2D eigenvalue weighted by Gasteiger charge is 2.14. The number of nitrogens with two attached hydrogens (primary N) is 1. The summed E-state index contributed by atoms with van der Waals surface area (Å²) in [7, 11) is 3.15. The van der Waals surface area contributed by atoms with Gasteiger partial charge in [-0.15, -0.1) is 0 Å². The molecule has 1 aromatic rings. The van der Waals surface area contributed by atoms with Gasteiger partial charge in [-0.1, -0.05) is 0 Å². The molecule has 1 atom stereocenters.